The fourth-order valence-electron chi connectivity index (χ4n) is 1.70. The normalized spacial score (nSPS) is 12.7. The Hall–Kier alpha value is -1.32. The van der Waals surface area contributed by atoms with E-state index in [0.29, 0.717) is 10.5 Å². The molecule has 1 aromatic rings. The number of hydrogen-bond acceptors (Lipinski definition) is 3. The molecule has 0 N–H and O–H groups in total. The Kier molecular flexibility index (Phi) is 5.99. The quantitative estimate of drug-likeness (QED) is 0.561. The first kappa shape index (κ1) is 17.7. The van der Waals surface area contributed by atoms with Crippen LogP contribution in [0.15, 0.2) is 24.3 Å². The van der Waals surface area contributed by atoms with E-state index in [1.165, 1.54) is 0 Å². The Labute approximate surface area is 133 Å². The van der Waals surface area contributed by atoms with Crippen LogP contribution < -0.4 is 0 Å². The predicted molar refractivity (Wildman–Crippen MR) is 77.5 cm³/mol. The van der Waals surface area contributed by atoms with Crippen molar-refractivity contribution in [2.75, 3.05) is 14.2 Å². The largest absolute Gasteiger partial charge is 0.471 e. The van der Waals surface area contributed by atoms with Crippen molar-refractivity contribution in [1.82, 2.24) is 4.90 Å². The number of likely N-dealkylation sites (N-methyl/N-ethyl adjacent to an activating group) is 1. The van der Waals surface area contributed by atoms with E-state index >= 15 is 0 Å². The molecule has 0 aliphatic rings. The lowest BCUT2D eigenvalue weighted by Gasteiger charge is -2.26. The maximum Gasteiger partial charge on any atom is 0.471 e. The third-order valence-corrected chi connectivity index (χ3v) is 3.57. The second-order valence-corrected chi connectivity index (χ2v) is 5.53. The molecule has 0 spiro atoms. The van der Waals surface area contributed by atoms with Crippen molar-refractivity contribution >= 4 is 34.5 Å². The van der Waals surface area contributed by atoms with Gasteiger partial charge < -0.3 is 9.64 Å². The van der Waals surface area contributed by atoms with Crippen LogP contribution in [0.3, 0.4) is 0 Å². The number of nitrogens with zero attached hydrogens (tertiary/aromatic N) is 1. The van der Waals surface area contributed by atoms with Crippen molar-refractivity contribution in [2.24, 2.45) is 0 Å². The number of esters is 1. The van der Waals surface area contributed by atoms with Crippen LogP contribution >= 0.6 is 22.6 Å². The van der Waals surface area contributed by atoms with Gasteiger partial charge in [-0.15, -0.1) is 0 Å². The fourth-order valence-corrected chi connectivity index (χ4v) is 2.06. The van der Waals surface area contributed by atoms with Gasteiger partial charge in [0, 0.05) is 17.0 Å². The van der Waals surface area contributed by atoms with E-state index in [4.69, 9.17) is 0 Å². The van der Waals surface area contributed by atoms with Gasteiger partial charge in [0.15, 0.2) is 0 Å². The Bertz CT molecular complexity index is 516. The minimum absolute atomic E-state index is 0.0537. The molecule has 21 heavy (non-hydrogen) atoms. The van der Waals surface area contributed by atoms with Crippen LogP contribution in [0.5, 0.6) is 0 Å². The molecule has 1 aromatic carbocycles. The van der Waals surface area contributed by atoms with Gasteiger partial charge in [0.25, 0.3) is 0 Å². The molecule has 1 amide bonds. The number of methoxy groups -OCH3 is 1. The van der Waals surface area contributed by atoms with E-state index in [2.05, 4.69) is 27.3 Å². The third kappa shape index (κ3) is 4.87. The number of rotatable bonds is 4. The van der Waals surface area contributed by atoms with Crippen LogP contribution in [-0.4, -0.2) is 43.2 Å². The summed E-state index contributed by atoms with van der Waals surface area (Å²) in [6, 6.07) is 5.56. The van der Waals surface area contributed by atoms with Crippen LogP contribution in [0.2, 0.25) is 0 Å². The topological polar surface area (TPSA) is 46.6 Å². The number of hydrogen-bond donors (Lipinski definition) is 0. The first-order valence-electron chi connectivity index (χ1n) is 5.83. The minimum atomic E-state index is -5.03. The molecule has 0 saturated carbocycles. The van der Waals surface area contributed by atoms with Gasteiger partial charge in [-0.2, -0.15) is 13.2 Å². The molecule has 0 saturated heterocycles. The average molecular weight is 415 g/mol. The molecule has 0 aliphatic carbocycles. The van der Waals surface area contributed by atoms with Gasteiger partial charge in [-0.25, -0.2) is 4.79 Å². The molecule has 0 unspecified atom stereocenters. The minimum Gasteiger partial charge on any atom is -0.467 e. The summed E-state index contributed by atoms with van der Waals surface area (Å²) in [5, 5.41) is 0. The summed E-state index contributed by atoms with van der Waals surface area (Å²) in [6.45, 7) is 0. The number of carbonyl (C=O) groups excluding carboxylic acids is 2. The lowest BCUT2D eigenvalue weighted by molar-refractivity contribution is -0.188. The molecule has 1 atom stereocenters. The molecule has 0 bridgehead atoms. The SMILES string of the molecule is COC(=O)[C@H](Cc1ccc(I)cc1)N(C)C(=O)C(F)(F)F. The van der Waals surface area contributed by atoms with Gasteiger partial charge in [0.05, 0.1) is 7.11 Å². The van der Waals surface area contributed by atoms with Crippen LogP contribution in [0.4, 0.5) is 13.2 Å². The lowest BCUT2D eigenvalue weighted by atomic mass is 10.0. The van der Waals surface area contributed by atoms with Crippen LogP contribution in [-0.2, 0) is 20.7 Å². The van der Waals surface area contributed by atoms with E-state index in [1.54, 1.807) is 24.3 Å². The Morgan fingerprint density at radius 3 is 2.24 bits per heavy atom. The average Bonchev–Trinajstić information content (AvgIpc) is 2.43. The third-order valence-electron chi connectivity index (χ3n) is 2.85. The molecular formula is C13H13F3INO3. The number of ether oxygens (including phenoxy) is 1. The smallest absolute Gasteiger partial charge is 0.467 e. The lowest BCUT2D eigenvalue weighted by Crippen LogP contribution is -2.49. The summed E-state index contributed by atoms with van der Waals surface area (Å²) >= 11 is 2.08. The summed E-state index contributed by atoms with van der Waals surface area (Å²) in [4.78, 5) is 23.3. The van der Waals surface area contributed by atoms with Crippen LogP contribution in [0.25, 0.3) is 0 Å². The Morgan fingerprint density at radius 1 is 1.29 bits per heavy atom. The second kappa shape index (κ2) is 7.10. The number of carbonyl (C=O) groups is 2. The first-order chi connectivity index (χ1) is 9.66. The van der Waals surface area contributed by atoms with Crippen molar-refractivity contribution in [3.63, 3.8) is 0 Å². The van der Waals surface area contributed by atoms with Crippen molar-refractivity contribution in [3.8, 4) is 0 Å². The summed E-state index contributed by atoms with van der Waals surface area (Å²) in [5.41, 5.74) is 0.632. The zero-order valence-corrected chi connectivity index (χ0v) is 13.4. The number of benzene rings is 1. The van der Waals surface area contributed by atoms with Crippen molar-refractivity contribution in [1.29, 1.82) is 0 Å². The molecule has 0 heterocycles. The van der Waals surface area contributed by atoms with Crippen LogP contribution in [0.1, 0.15) is 5.56 Å². The molecule has 0 aromatic heterocycles. The Balaban J connectivity index is 2.98. The van der Waals surface area contributed by atoms with Gasteiger partial charge in [-0.1, -0.05) is 12.1 Å². The van der Waals surface area contributed by atoms with Gasteiger partial charge in [0.2, 0.25) is 0 Å². The van der Waals surface area contributed by atoms with E-state index in [-0.39, 0.29) is 6.42 Å². The predicted octanol–water partition coefficient (Wildman–Crippen LogP) is 2.40. The fraction of sp³-hybridized carbons (Fsp3) is 0.385. The van der Waals surface area contributed by atoms with Crippen molar-refractivity contribution in [2.45, 2.75) is 18.6 Å². The summed E-state index contributed by atoms with van der Waals surface area (Å²) in [5.74, 6) is -2.97. The zero-order valence-electron chi connectivity index (χ0n) is 11.3. The van der Waals surface area contributed by atoms with Gasteiger partial charge >= 0.3 is 18.1 Å². The zero-order chi connectivity index (χ0) is 16.2. The molecule has 0 aliphatic heterocycles. The highest BCUT2D eigenvalue weighted by molar-refractivity contribution is 14.1. The van der Waals surface area contributed by atoms with Crippen molar-refractivity contribution < 1.29 is 27.5 Å². The molecule has 8 heteroatoms. The highest BCUT2D eigenvalue weighted by atomic mass is 127. The summed E-state index contributed by atoms with van der Waals surface area (Å²) in [6.07, 6.45) is -5.09. The van der Waals surface area contributed by atoms with Crippen LogP contribution in [0, 0.1) is 3.57 Å². The maximum atomic E-state index is 12.5. The Morgan fingerprint density at radius 2 is 1.81 bits per heavy atom. The molecule has 0 radical (unpaired) electrons. The second-order valence-electron chi connectivity index (χ2n) is 4.28. The van der Waals surface area contributed by atoms with Crippen molar-refractivity contribution in [3.05, 3.63) is 33.4 Å². The molecule has 1 rings (SSSR count). The molecule has 116 valence electrons. The monoisotopic (exact) mass is 415 g/mol. The van der Waals surface area contributed by atoms with E-state index in [0.717, 1.165) is 17.7 Å². The van der Waals surface area contributed by atoms with E-state index in [1.807, 2.05) is 0 Å². The summed E-state index contributed by atoms with van der Waals surface area (Å²) in [7, 11) is 2.00. The van der Waals surface area contributed by atoms with E-state index in [9.17, 15) is 22.8 Å². The van der Waals surface area contributed by atoms with Gasteiger partial charge in [0.1, 0.15) is 6.04 Å². The van der Waals surface area contributed by atoms with E-state index < -0.39 is 24.1 Å². The standard InChI is InChI=1S/C13H13F3INO3/c1-18(12(20)13(14,15)16)10(11(19)21-2)7-8-3-5-9(17)6-4-8/h3-6,10H,7H2,1-2H3/t10-/m0/s1. The molecular weight excluding hydrogens is 402 g/mol. The number of amides is 1. The molecule has 0 fully saturated rings. The maximum absolute atomic E-state index is 12.5. The first-order valence-corrected chi connectivity index (χ1v) is 6.91. The highest BCUT2D eigenvalue weighted by Crippen LogP contribution is 2.21. The van der Waals surface area contributed by atoms with Gasteiger partial charge in [-0.05, 0) is 40.3 Å². The number of halogens is 4. The summed E-state index contributed by atoms with van der Waals surface area (Å²) < 4.78 is 42.9. The van der Waals surface area contributed by atoms with Gasteiger partial charge in [-0.3, -0.25) is 4.79 Å². The molecule has 4 nitrogen and oxygen atoms in total. The number of alkyl halides is 3. The highest BCUT2D eigenvalue weighted by Gasteiger charge is 2.44.